The predicted octanol–water partition coefficient (Wildman–Crippen LogP) is 4.75. The molecule has 0 atom stereocenters. The van der Waals surface area contributed by atoms with Crippen LogP contribution in [0.5, 0.6) is 5.75 Å². The Bertz CT molecular complexity index is 1320. The molecule has 0 bridgehead atoms. The quantitative estimate of drug-likeness (QED) is 0.347. The van der Waals surface area contributed by atoms with Gasteiger partial charge in [0.1, 0.15) is 5.58 Å². The molecule has 1 aliphatic rings. The third kappa shape index (κ3) is 5.86. The topological polar surface area (TPSA) is 75.0 Å². The van der Waals surface area contributed by atoms with Crippen molar-refractivity contribution in [3.05, 3.63) is 68.3 Å². The summed E-state index contributed by atoms with van der Waals surface area (Å²) < 4.78 is 25.9. The lowest BCUT2D eigenvalue weighted by Gasteiger charge is -2.28. The van der Waals surface area contributed by atoms with Gasteiger partial charge >= 0.3 is 11.7 Å². The summed E-state index contributed by atoms with van der Waals surface area (Å²) in [6, 6.07) is 8.32. The van der Waals surface area contributed by atoms with Crippen molar-refractivity contribution in [1.29, 1.82) is 0 Å². The number of nitrogens with one attached hydrogen (secondary N) is 1. The van der Waals surface area contributed by atoms with E-state index in [1.54, 1.807) is 11.8 Å². The number of carbonyl (C=O) groups is 1. The van der Waals surface area contributed by atoms with Crippen molar-refractivity contribution < 1.29 is 18.3 Å². The van der Waals surface area contributed by atoms with Gasteiger partial charge in [0.25, 0.3) is 0 Å². The zero-order valence-corrected chi connectivity index (χ0v) is 22.1. The minimum atomic E-state index is -0.729. The maximum atomic E-state index is 15.1. The summed E-state index contributed by atoms with van der Waals surface area (Å²) in [4.78, 5) is 29.6. The summed E-state index contributed by atoms with van der Waals surface area (Å²) in [5.74, 6) is -0.133. The second kappa shape index (κ2) is 11.6. The van der Waals surface area contributed by atoms with Crippen LogP contribution in [0.3, 0.4) is 0 Å². The average Bonchev–Trinajstić information content (AvgIpc) is 2.85. The summed E-state index contributed by atoms with van der Waals surface area (Å²) in [7, 11) is 3.00. The fourth-order valence-electron chi connectivity index (χ4n) is 4.17. The Balaban J connectivity index is 1.83. The van der Waals surface area contributed by atoms with Gasteiger partial charge in [-0.3, -0.25) is 4.90 Å². The Labute approximate surface area is 218 Å². The van der Waals surface area contributed by atoms with Gasteiger partial charge in [-0.25, -0.2) is 14.0 Å². The van der Waals surface area contributed by atoms with Crippen LogP contribution in [0, 0.1) is 5.82 Å². The van der Waals surface area contributed by atoms with Crippen LogP contribution in [0.25, 0.3) is 11.0 Å². The highest BCUT2D eigenvalue weighted by molar-refractivity contribution is 7.99. The van der Waals surface area contributed by atoms with Crippen molar-refractivity contribution in [3.63, 3.8) is 0 Å². The van der Waals surface area contributed by atoms with E-state index in [1.807, 2.05) is 18.2 Å². The Morgan fingerprint density at radius 2 is 2.00 bits per heavy atom. The minimum Gasteiger partial charge on any atom is -0.422 e. The lowest BCUT2D eigenvalue weighted by molar-refractivity contribution is 0.170. The molecule has 7 nitrogen and oxygen atoms in total. The average molecular weight is 534 g/mol. The van der Waals surface area contributed by atoms with Gasteiger partial charge in [-0.15, -0.1) is 11.8 Å². The zero-order valence-electron chi connectivity index (χ0n) is 20.5. The van der Waals surface area contributed by atoms with Gasteiger partial charge in [-0.2, -0.15) is 0 Å². The number of amides is 1. The summed E-state index contributed by atoms with van der Waals surface area (Å²) in [6.07, 6.45) is -0.469. The van der Waals surface area contributed by atoms with Crippen LogP contribution in [0.2, 0.25) is 5.02 Å². The molecule has 0 aliphatic carbocycles. The predicted molar refractivity (Wildman–Crippen MR) is 141 cm³/mol. The van der Waals surface area contributed by atoms with Crippen molar-refractivity contribution in [2.75, 3.05) is 46.0 Å². The molecule has 2 heterocycles. The van der Waals surface area contributed by atoms with E-state index in [4.69, 9.17) is 20.8 Å². The Hall–Kier alpha value is -2.59. The zero-order chi connectivity index (χ0) is 25.8. The molecule has 2 aromatic carbocycles. The molecule has 192 valence electrons. The Morgan fingerprint density at radius 3 is 2.69 bits per heavy atom. The third-order valence-electron chi connectivity index (χ3n) is 6.04. The molecule has 0 spiro atoms. The third-order valence-corrected chi connectivity index (χ3v) is 7.53. The molecule has 1 saturated heterocycles. The fourth-order valence-corrected chi connectivity index (χ4v) is 5.27. The first-order valence-corrected chi connectivity index (χ1v) is 13.1. The van der Waals surface area contributed by atoms with Crippen molar-refractivity contribution >= 4 is 40.4 Å². The van der Waals surface area contributed by atoms with E-state index in [2.05, 4.69) is 17.1 Å². The largest absolute Gasteiger partial charge is 0.422 e. The van der Waals surface area contributed by atoms with Gasteiger partial charge in [0.2, 0.25) is 0 Å². The second-order valence-corrected chi connectivity index (χ2v) is 10.4. The number of hydrogen-bond donors (Lipinski definition) is 1. The number of carbonyl (C=O) groups excluding carboxylic acids is 1. The normalized spacial score (nSPS) is 14.2. The molecule has 0 unspecified atom stereocenters. The first-order valence-electron chi connectivity index (χ1n) is 11.8. The first kappa shape index (κ1) is 26.5. The molecule has 1 aliphatic heterocycles. The SMILES string of the molecule is CCSc1cccc(Cc2c(CN3CCNCC3)c3cc(F)c(OC(=O)N(C)C)cc3oc2=O)c1Cl. The van der Waals surface area contributed by atoms with E-state index in [-0.39, 0.29) is 17.8 Å². The number of ether oxygens (including phenoxy) is 1. The van der Waals surface area contributed by atoms with Crippen LogP contribution in [-0.2, 0) is 13.0 Å². The standard InChI is InChI=1S/C26H29ClFN3O4S/c1-4-36-23-7-5-6-16(24(23)27)12-18-19(15-31-10-8-29-9-11-31)17-13-20(28)22(35-26(33)30(2)3)14-21(17)34-25(18)32/h5-7,13-14,29H,4,8-12,15H2,1-3H3. The van der Waals surface area contributed by atoms with Crippen LogP contribution in [0.15, 0.2) is 44.4 Å². The smallest absolute Gasteiger partial charge is 0.414 e. The lowest BCUT2D eigenvalue weighted by atomic mass is 9.97. The summed E-state index contributed by atoms with van der Waals surface area (Å²) in [5, 5.41) is 4.40. The van der Waals surface area contributed by atoms with Crippen LogP contribution < -0.4 is 15.7 Å². The molecule has 10 heteroatoms. The summed E-state index contributed by atoms with van der Waals surface area (Å²) in [6.45, 7) is 5.76. The molecular formula is C26H29ClFN3O4S. The van der Waals surface area contributed by atoms with E-state index in [9.17, 15) is 9.59 Å². The van der Waals surface area contributed by atoms with Crippen LogP contribution >= 0.6 is 23.4 Å². The second-order valence-electron chi connectivity index (χ2n) is 8.75. The fraction of sp³-hybridized carbons (Fsp3) is 0.385. The van der Waals surface area contributed by atoms with Crippen LogP contribution in [0.4, 0.5) is 9.18 Å². The number of fused-ring (bicyclic) bond motifs is 1. The van der Waals surface area contributed by atoms with Crippen LogP contribution in [0.1, 0.15) is 23.6 Å². The molecule has 3 aromatic rings. The molecule has 1 fully saturated rings. The number of rotatable bonds is 7. The van der Waals surface area contributed by atoms with Crippen molar-refractivity contribution in [2.24, 2.45) is 0 Å². The molecule has 1 aromatic heterocycles. The molecule has 0 radical (unpaired) electrons. The highest BCUT2D eigenvalue weighted by Crippen LogP contribution is 2.33. The van der Waals surface area contributed by atoms with Crippen molar-refractivity contribution in [1.82, 2.24) is 15.1 Å². The summed E-state index contributed by atoms with van der Waals surface area (Å²) >= 11 is 8.32. The van der Waals surface area contributed by atoms with Crippen LogP contribution in [-0.4, -0.2) is 61.9 Å². The molecule has 1 amide bonds. The van der Waals surface area contributed by atoms with E-state index in [1.165, 1.54) is 31.1 Å². The number of nitrogens with zero attached hydrogens (tertiary/aromatic N) is 2. The van der Waals surface area contributed by atoms with Gasteiger partial charge in [-0.1, -0.05) is 30.7 Å². The van der Waals surface area contributed by atoms with E-state index in [0.717, 1.165) is 42.4 Å². The van der Waals surface area contributed by atoms with Gasteiger partial charge in [0, 0.05) is 75.2 Å². The first-order chi connectivity index (χ1) is 17.3. The maximum absolute atomic E-state index is 15.1. The number of piperazine rings is 1. The minimum absolute atomic E-state index is 0.165. The number of hydrogen-bond acceptors (Lipinski definition) is 7. The van der Waals surface area contributed by atoms with E-state index < -0.39 is 17.5 Å². The number of thioether (sulfide) groups is 1. The number of halogens is 2. The molecule has 0 saturated carbocycles. The van der Waals surface area contributed by atoms with Gasteiger partial charge in [0.15, 0.2) is 11.6 Å². The van der Waals surface area contributed by atoms with Gasteiger partial charge in [0.05, 0.1) is 5.02 Å². The molecule has 4 rings (SSSR count). The molecular weight excluding hydrogens is 505 g/mol. The van der Waals surface area contributed by atoms with Crippen molar-refractivity contribution in [3.8, 4) is 5.75 Å². The Kier molecular flexibility index (Phi) is 8.56. The highest BCUT2D eigenvalue weighted by atomic mass is 35.5. The highest BCUT2D eigenvalue weighted by Gasteiger charge is 2.23. The summed E-state index contributed by atoms with van der Waals surface area (Å²) in [5.41, 5.74) is 1.59. The monoisotopic (exact) mass is 533 g/mol. The molecule has 1 N–H and O–H groups in total. The van der Waals surface area contributed by atoms with Gasteiger partial charge < -0.3 is 19.4 Å². The van der Waals surface area contributed by atoms with E-state index in [0.29, 0.717) is 28.1 Å². The number of benzene rings is 2. The van der Waals surface area contributed by atoms with Crippen molar-refractivity contribution in [2.45, 2.75) is 24.8 Å². The maximum Gasteiger partial charge on any atom is 0.414 e. The van der Waals surface area contributed by atoms with E-state index >= 15 is 4.39 Å². The lowest BCUT2D eigenvalue weighted by Crippen LogP contribution is -2.43. The van der Waals surface area contributed by atoms with Gasteiger partial charge in [-0.05, 0) is 29.0 Å². The Morgan fingerprint density at radius 1 is 1.25 bits per heavy atom. The molecule has 36 heavy (non-hydrogen) atoms.